The third-order valence-corrected chi connectivity index (χ3v) is 3.91. The van der Waals surface area contributed by atoms with Crippen LogP contribution in [0.15, 0.2) is 46.9 Å². The average molecular weight is 365 g/mol. The number of rotatable bonds is 5. The number of hydrogen-bond acceptors (Lipinski definition) is 6. The Hall–Kier alpha value is -3.48. The van der Waals surface area contributed by atoms with Gasteiger partial charge < -0.3 is 9.15 Å². The molecule has 1 amide bonds. The van der Waals surface area contributed by atoms with Crippen LogP contribution < -0.4 is 5.32 Å². The number of benzene rings is 2. The first kappa shape index (κ1) is 18.3. The van der Waals surface area contributed by atoms with Crippen molar-refractivity contribution in [2.24, 2.45) is 0 Å². The first-order valence-corrected chi connectivity index (χ1v) is 8.38. The first-order valence-electron chi connectivity index (χ1n) is 8.38. The summed E-state index contributed by atoms with van der Waals surface area (Å²) in [5, 5.41) is 10.1. The van der Waals surface area contributed by atoms with Crippen molar-refractivity contribution in [2.45, 2.75) is 20.8 Å². The van der Waals surface area contributed by atoms with Gasteiger partial charge in [0.05, 0.1) is 5.56 Å². The number of aryl methyl sites for hydroxylation is 3. The lowest BCUT2D eigenvalue weighted by atomic mass is 10.00. The third-order valence-electron chi connectivity index (χ3n) is 3.91. The van der Waals surface area contributed by atoms with Crippen LogP contribution in [0.1, 0.15) is 27.0 Å². The summed E-state index contributed by atoms with van der Waals surface area (Å²) in [5.41, 5.74) is 3.88. The van der Waals surface area contributed by atoms with E-state index in [2.05, 4.69) is 15.5 Å². The highest BCUT2D eigenvalue weighted by Crippen LogP contribution is 2.19. The van der Waals surface area contributed by atoms with Crippen LogP contribution in [-0.2, 0) is 9.53 Å². The van der Waals surface area contributed by atoms with Crippen LogP contribution in [0.2, 0.25) is 0 Å². The van der Waals surface area contributed by atoms with Crippen molar-refractivity contribution in [1.82, 2.24) is 10.2 Å². The van der Waals surface area contributed by atoms with Crippen molar-refractivity contribution in [1.29, 1.82) is 0 Å². The molecule has 138 valence electrons. The number of nitrogens with zero attached hydrogens (tertiary/aromatic N) is 2. The molecule has 1 heterocycles. The van der Waals surface area contributed by atoms with E-state index in [0.29, 0.717) is 5.56 Å². The number of carbonyl (C=O) groups excluding carboxylic acids is 2. The summed E-state index contributed by atoms with van der Waals surface area (Å²) in [6.45, 7) is 5.17. The van der Waals surface area contributed by atoms with Gasteiger partial charge in [0.2, 0.25) is 5.89 Å². The van der Waals surface area contributed by atoms with E-state index in [1.165, 1.54) is 0 Å². The molecule has 0 aliphatic carbocycles. The maximum absolute atomic E-state index is 12.3. The fourth-order valence-corrected chi connectivity index (χ4v) is 2.83. The number of hydrogen-bond donors (Lipinski definition) is 1. The van der Waals surface area contributed by atoms with Crippen LogP contribution in [0.4, 0.5) is 6.01 Å². The molecule has 1 N–H and O–H groups in total. The van der Waals surface area contributed by atoms with Gasteiger partial charge in [-0.2, -0.15) is 0 Å². The number of esters is 1. The van der Waals surface area contributed by atoms with Crippen LogP contribution in [0.5, 0.6) is 0 Å². The Bertz CT molecular complexity index is 957. The van der Waals surface area contributed by atoms with Crippen molar-refractivity contribution >= 4 is 17.9 Å². The Balaban J connectivity index is 1.59. The molecule has 27 heavy (non-hydrogen) atoms. The highest BCUT2D eigenvalue weighted by molar-refractivity contribution is 5.96. The summed E-state index contributed by atoms with van der Waals surface area (Å²) in [6, 6.07) is 12.9. The Labute approximate surface area is 156 Å². The summed E-state index contributed by atoms with van der Waals surface area (Å²) in [4.78, 5) is 24.3. The number of carbonyl (C=O) groups is 2. The molecule has 0 radical (unpaired) electrons. The van der Waals surface area contributed by atoms with Crippen LogP contribution in [0.3, 0.4) is 0 Å². The lowest BCUT2D eigenvalue weighted by Crippen LogP contribution is -2.21. The van der Waals surface area contributed by atoms with E-state index in [1.807, 2.05) is 63.2 Å². The maximum atomic E-state index is 12.3. The minimum atomic E-state index is -0.561. The molecule has 0 fully saturated rings. The molecule has 2 aromatic carbocycles. The number of amides is 1. The second kappa shape index (κ2) is 7.82. The molecule has 7 nitrogen and oxygen atoms in total. The van der Waals surface area contributed by atoms with Crippen molar-refractivity contribution < 1.29 is 18.7 Å². The molecule has 3 rings (SSSR count). The van der Waals surface area contributed by atoms with E-state index in [1.54, 1.807) is 0 Å². The molecule has 0 atom stereocenters. The van der Waals surface area contributed by atoms with Gasteiger partial charge in [-0.25, -0.2) is 4.79 Å². The molecule has 0 aliphatic heterocycles. The Kier molecular flexibility index (Phi) is 5.30. The van der Waals surface area contributed by atoms with Gasteiger partial charge in [0.25, 0.3) is 5.91 Å². The summed E-state index contributed by atoms with van der Waals surface area (Å²) < 4.78 is 10.5. The lowest BCUT2D eigenvalue weighted by Gasteiger charge is -2.10. The molecule has 0 aliphatic rings. The van der Waals surface area contributed by atoms with Gasteiger partial charge in [-0.1, -0.05) is 41.0 Å². The van der Waals surface area contributed by atoms with Gasteiger partial charge >= 0.3 is 12.0 Å². The average Bonchev–Trinajstić information content (AvgIpc) is 3.08. The van der Waals surface area contributed by atoms with E-state index in [-0.39, 0.29) is 11.9 Å². The Morgan fingerprint density at radius 3 is 2.37 bits per heavy atom. The minimum Gasteiger partial charge on any atom is -0.452 e. The highest BCUT2D eigenvalue weighted by Gasteiger charge is 2.17. The molecule has 0 spiro atoms. The second-order valence-electron chi connectivity index (χ2n) is 6.18. The summed E-state index contributed by atoms with van der Waals surface area (Å²) in [7, 11) is 0. The predicted molar refractivity (Wildman–Crippen MR) is 99.3 cm³/mol. The fourth-order valence-electron chi connectivity index (χ4n) is 2.83. The van der Waals surface area contributed by atoms with E-state index in [0.717, 1.165) is 22.3 Å². The molecular weight excluding hydrogens is 346 g/mol. The molecule has 0 saturated heterocycles. The second-order valence-corrected chi connectivity index (χ2v) is 6.18. The highest BCUT2D eigenvalue weighted by atomic mass is 16.5. The van der Waals surface area contributed by atoms with Gasteiger partial charge in [-0.15, -0.1) is 5.10 Å². The zero-order valence-electron chi connectivity index (χ0n) is 15.3. The maximum Gasteiger partial charge on any atom is 0.339 e. The molecule has 1 aromatic heterocycles. The van der Waals surface area contributed by atoms with Crippen molar-refractivity contribution in [3.05, 3.63) is 64.7 Å². The molecular formula is C20H19N3O4. The first-order chi connectivity index (χ1) is 12.9. The predicted octanol–water partition coefficient (Wildman–Crippen LogP) is 3.46. The molecule has 0 saturated carbocycles. The zero-order chi connectivity index (χ0) is 19.4. The largest absolute Gasteiger partial charge is 0.452 e. The molecule has 7 heteroatoms. The van der Waals surface area contributed by atoms with E-state index in [9.17, 15) is 9.59 Å². The van der Waals surface area contributed by atoms with Crippen LogP contribution >= 0.6 is 0 Å². The topological polar surface area (TPSA) is 94.3 Å². The van der Waals surface area contributed by atoms with Crippen LogP contribution in [-0.4, -0.2) is 28.7 Å². The quantitative estimate of drug-likeness (QED) is 0.696. The summed E-state index contributed by atoms with van der Waals surface area (Å²) in [5.74, 6) is -0.821. The smallest absolute Gasteiger partial charge is 0.339 e. The Morgan fingerprint density at radius 2 is 1.70 bits per heavy atom. The molecule has 0 unspecified atom stereocenters. The van der Waals surface area contributed by atoms with Gasteiger partial charge in [-0.05, 0) is 44.0 Å². The standard InChI is InChI=1S/C20H19N3O4/c1-12-9-13(2)17(14(3)10-12)19(25)26-11-16(24)21-20-23-22-18(27-20)15-7-5-4-6-8-15/h4-10H,11H2,1-3H3,(H,21,23,24). The van der Waals surface area contributed by atoms with Gasteiger partial charge in [0, 0.05) is 5.56 Å². The molecule has 0 bridgehead atoms. The summed E-state index contributed by atoms with van der Waals surface area (Å²) >= 11 is 0. The van der Waals surface area contributed by atoms with Crippen LogP contribution in [0.25, 0.3) is 11.5 Å². The van der Waals surface area contributed by atoms with Crippen LogP contribution in [0, 0.1) is 20.8 Å². The van der Waals surface area contributed by atoms with E-state index in [4.69, 9.17) is 9.15 Å². The zero-order valence-corrected chi connectivity index (χ0v) is 15.3. The molecule has 3 aromatic rings. The number of aromatic nitrogens is 2. The van der Waals surface area contributed by atoms with Gasteiger partial charge in [0.15, 0.2) is 6.61 Å². The lowest BCUT2D eigenvalue weighted by molar-refractivity contribution is -0.119. The van der Waals surface area contributed by atoms with Crippen molar-refractivity contribution in [2.75, 3.05) is 11.9 Å². The van der Waals surface area contributed by atoms with Gasteiger partial charge in [-0.3, -0.25) is 10.1 Å². The number of nitrogens with one attached hydrogen (secondary N) is 1. The fraction of sp³-hybridized carbons (Fsp3) is 0.200. The van der Waals surface area contributed by atoms with Crippen molar-refractivity contribution in [3.8, 4) is 11.5 Å². The normalized spacial score (nSPS) is 10.5. The number of ether oxygens (including phenoxy) is 1. The Morgan fingerprint density at radius 1 is 1.04 bits per heavy atom. The third kappa shape index (κ3) is 4.38. The number of anilines is 1. The monoisotopic (exact) mass is 365 g/mol. The summed E-state index contributed by atoms with van der Waals surface area (Å²) in [6.07, 6.45) is 0. The van der Waals surface area contributed by atoms with Crippen molar-refractivity contribution in [3.63, 3.8) is 0 Å². The minimum absolute atomic E-state index is 0.0578. The van der Waals surface area contributed by atoms with E-state index >= 15 is 0 Å². The van der Waals surface area contributed by atoms with Gasteiger partial charge in [0.1, 0.15) is 0 Å². The van der Waals surface area contributed by atoms with E-state index < -0.39 is 18.5 Å². The SMILES string of the molecule is Cc1cc(C)c(C(=O)OCC(=O)Nc2nnc(-c3ccccc3)o2)c(C)c1.